The van der Waals surface area contributed by atoms with Crippen LogP contribution in [0.15, 0.2) is 24.3 Å². The van der Waals surface area contributed by atoms with Crippen LogP contribution in [0, 0.1) is 0 Å². The Balaban J connectivity index is 1.92. The van der Waals surface area contributed by atoms with Gasteiger partial charge in [-0.2, -0.15) is 0 Å². The van der Waals surface area contributed by atoms with Gasteiger partial charge in [0, 0.05) is 12.0 Å². The monoisotopic (exact) mass is 290 g/mol. The molecule has 21 heavy (non-hydrogen) atoms. The predicted octanol–water partition coefficient (Wildman–Crippen LogP) is 2.97. The Labute approximate surface area is 125 Å². The van der Waals surface area contributed by atoms with Gasteiger partial charge in [0.25, 0.3) is 0 Å². The fourth-order valence-electron chi connectivity index (χ4n) is 3.47. The number of rotatable bonds is 2. The predicted molar refractivity (Wildman–Crippen MR) is 77.4 cm³/mol. The lowest BCUT2D eigenvalue weighted by molar-refractivity contribution is -0.286. The van der Waals surface area contributed by atoms with Gasteiger partial charge in [-0.15, -0.1) is 0 Å². The number of benzene rings is 1. The number of aliphatic hydroxyl groups is 1. The van der Waals surface area contributed by atoms with Crippen molar-refractivity contribution in [2.24, 2.45) is 0 Å². The van der Waals surface area contributed by atoms with Crippen molar-refractivity contribution in [3.8, 4) is 0 Å². The number of ether oxygens (including phenoxy) is 2. The van der Waals surface area contributed by atoms with Crippen LogP contribution in [-0.4, -0.2) is 16.7 Å². The van der Waals surface area contributed by atoms with Crippen molar-refractivity contribution >= 4 is 5.97 Å². The highest BCUT2D eigenvalue weighted by Gasteiger charge is 2.56. The lowest BCUT2D eigenvalue weighted by Crippen LogP contribution is -2.39. The lowest BCUT2D eigenvalue weighted by Gasteiger charge is -2.37. The average molecular weight is 290 g/mol. The second-order valence-corrected chi connectivity index (χ2v) is 7.04. The van der Waals surface area contributed by atoms with Crippen LogP contribution >= 0.6 is 0 Å². The van der Waals surface area contributed by atoms with Gasteiger partial charge >= 0.3 is 5.97 Å². The van der Waals surface area contributed by atoms with Gasteiger partial charge < -0.3 is 14.6 Å². The van der Waals surface area contributed by atoms with E-state index in [0.717, 1.165) is 24.0 Å². The molecule has 1 N–H and O–H groups in total. The van der Waals surface area contributed by atoms with E-state index >= 15 is 0 Å². The molecule has 0 saturated carbocycles. The molecule has 2 aliphatic heterocycles. The Hall–Kier alpha value is -1.39. The van der Waals surface area contributed by atoms with E-state index in [1.165, 1.54) is 0 Å². The summed E-state index contributed by atoms with van der Waals surface area (Å²) in [5.41, 5.74) is 0.463. The van der Waals surface area contributed by atoms with Crippen molar-refractivity contribution in [2.45, 2.75) is 63.4 Å². The molecule has 3 rings (SSSR count). The number of esters is 1. The Morgan fingerprint density at radius 2 is 1.95 bits per heavy atom. The van der Waals surface area contributed by atoms with Gasteiger partial charge in [-0.3, -0.25) is 4.79 Å². The molecule has 0 aromatic heterocycles. The zero-order chi connectivity index (χ0) is 15.3. The summed E-state index contributed by atoms with van der Waals surface area (Å²) in [5, 5.41) is 10.7. The summed E-state index contributed by atoms with van der Waals surface area (Å²) in [4.78, 5) is 12.2. The van der Waals surface area contributed by atoms with Crippen LogP contribution in [0.3, 0.4) is 0 Å². The van der Waals surface area contributed by atoms with Crippen molar-refractivity contribution in [1.29, 1.82) is 0 Å². The van der Waals surface area contributed by atoms with E-state index in [9.17, 15) is 9.90 Å². The van der Waals surface area contributed by atoms with Crippen molar-refractivity contribution in [2.75, 3.05) is 0 Å². The van der Waals surface area contributed by atoms with E-state index in [0.29, 0.717) is 6.42 Å². The Morgan fingerprint density at radius 3 is 2.62 bits per heavy atom. The summed E-state index contributed by atoms with van der Waals surface area (Å²) in [6, 6.07) is 7.64. The molecule has 0 aliphatic carbocycles. The molecule has 1 aromatic carbocycles. The van der Waals surface area contributed by atoms with E-state index in [1.807, 2.05) is 45.0 Å². The number of fused-ring (bicyclic) bond motifs is 5. The molecule has 0 amide bonds. The highest BCUT2D eigenvalue weighted by molar-refractivity contribution is 5.72. The third-order valence-electron chi connectivity index (χ3n) is 4.15. The molecule has 1 aromatic rings. The van der Waals surface area contributed by atoms with E-state index < -0.39 is 17.0 Å². The minimum Gasteiger partial charge on any atom is -0.460 e. The van der Waals surface area contributed by atoms with E-state index in [2.05, 4.69) is 0 Å². The topological polar surface area (TPSA) is 55.8 Å². The van der Waals surface area contributed by atoms with Gasteiger partial charge in [0.1, 0.15) is 11.2 Å². The summed E-state index contributed by atoms with van der Waals surface area (Å²) in [6.45, 7) is 5.55. The standard InChI is InChI=1S/C17H22O4/c1-15(2,3)20-14(18)11-16-9-6-10-17(19,21-16)13-8-5-4-7-12(13)16/h4-5,7-8,19H,6,9-11H2,1-3H3. The summed E-state index contributed by atoms with van der Waals surface area (Å²) in [7, 11) is 0. The molecule has 2 aliphatic rings. The van der Waals surface area contributed by atoms with Gasteiger partial charge in [-0.1, -0.05) is 24.3 Å². The van der Waals surface area contributed by atoms with Crippen LogP contribution in [0.25, 0.3) is 0 Å². The molecule has 2 atom stereocenters. The second-order valence-electron chi connectivity index (χ2n) is 7.04. The van der Waals surface area contributed by atoms with Crippen molar-refractivity contribution in [3.05, 3.63) is 35.4 Å². The van der Waals surface area contributed by atoms with Crippen molar-refractivity contribution in [3.63, 3.8) is 0 Å². The van der Waals surface area contributed by atoms with Crippen LogP contribution in [-0.2, 0) is 25.7 Å². The minimum atomic E-state index is -1.25. The number of carbonyl (C=O) groups excluding carboxylic acids is 1. The molecule has 1 saturated heterocycles. The zero-order valence-electron chi connectivity index (χ0n) is 12.8. The van der Waals surface area contributed by atoms with Crippen molar-refractivity contribution in [1.82, 2.24) is 0 Å². The first-order valence-electron chi connectivity index (χ1n) is 7.49. The van der Waals surface area contributed by atoms with E-state index in [-0.39, 0.29) is 12.4 Å². The Bertz CT molecular complexity index is 574. The molecule has 2 heterocycles. The molecule has 1 fully saturated rings. The highest BCUT2D eigenvalue weighted by atomic mass is 16.6. The quantitative estimate of drug-likeness (QED) is 0.851. The fourth-order valence-corrected chi connectivity index (χ4v) is 3.47. The summed E-state index contributed by atoms with van der Waals surface area (Å²) in [6.07, 6.45) is 2.27. The molecule has 114 valence electrons. The first kappa shape index (κ1) is 14.5. The third kappa shape index (κ3) is 2.47. The lowest BCUT2D eigenvalue weighted by atomic mass is 9.86. The minimum absolute atomic E-state index is 0.142. The maximum atomic E-state index is 12.2. The fraction of sp³-hybridized carbons (Fsp3) is 0.588. The number of hydrogen-bond donors (Lipinski definition) is 1. The molecule has 4 nitrogen and oxygen atoms in total. The van der Waals surface area contributed by atoms with Gasteiger partial charge in [0.05, 0.1) is 6.42 Å². The molecular formula is C17H22O4. The summed E-state index contributed by atoms with van der Waals surface area (Å²) in [5.74, 6) is -1.54. The first-order valence-corrected chi connectivity index (χ1v) is 7.49. The molecule has 2 unspecified atom stereocenters. The first-order chi connectivity index (χ1) is 9.74. The van der Waals surface area contributed by atoms with Crippen LogP contribution in [0.5, 0.6) is 0 Å². The summed E-state index contributed by atoms with van der Waals surface area (Å²) < 4.78 is 11.4. The maximum Gasteiger partial charge on any atom is 0.309 e. The summed E-state index contributed by atoms with van der Waals surface area (Å²) >= 11 is 0. The van der Waals surface area contributed by atoms with Crippen LogP contribution in [0.4, 0.5) is 0 Å². The van der Waals surface area contributed by atoms with Crippen molar-refractivity contribution < 1.29 is 19.4 Å². The zero-order valence-corrected chi connectivity index (χ0v) is 12.8. The second kappa shape index (κ2) is 4.55. The van der Waals surface area contributed by atoms with Gasteiger partial charge in [-0.25, -0.2) is 0 Å². The Morgan fingerprint density at radius 1 is 1.29 bits per heavy atom. The molecular weight excluding hydrogens is 268 g/mol. The average Bonchev–Trinajstić information content (AvgIpc) is 2.52. The SMILES string of the molecule is CC(C)(C)OC(=O)CC12CCCC(O)(O1)c1ccccc12. The van der Waals surface area contributed by atoms with Gasteiger partial charge in [-0.05, 0) is 39.2 Å². The molecule has 0 radical (unpaired) electrons. The Kier molecular flexibility index (Phi) is 3.15. The van der Waals surface area contributed by atoms with Crippen LogP contribution in [0.1, 0.15) is 57.6 Å². The number of carbonyl (C=O) groups is 1. The normalized spacial score (nSPS) is 30.9. The van der Waals surface area contributed by atoms with Crippen LogP contribution in [0.2, 0.25) is 0 Å². The molecule has 4 heteroatoms. The number of hydrogen-bond acceptors (Lipinski definition) is 4. The largest absolute Gasteiger partial charge is 0.460 e. The third-order valence-corrected chi connectivity index (χ3v) is 4.15. The van der Waals surface area contributed by atoms with Crippen LogP contribution < -0.4 is 0 Å². The van der Waals surface area contributed by atoms with Gasteiger partial charge in [0.15, 0.2) is 5.79 Å². The van der Waals surface area contributed by atoms with E-state index in [1.54, 1.807) is 0 Å². The molecule has 2 bridgehead atoms. The highest BCUT2D eigenvalue weighted by Crippen LogP contribution is 2.55. The van der Waals surface area contributed by atoms with E-state index in [4.69, 9.17) is 9.47 Å². The van der Waals surface area contributed by atoms with Gasteiger partial charge in [0.2, 0.25) is 0 Å². The maximum absolute atomic E-state index is 12.2. The smallest absolute Gasteiger partial charge is 0.309 e. The molecule has 0 spiro atoms.